The summed E-state index contributed by atoms with van der Waals surface area (Å²) in [6.07, 6.45) is -15.5. The molecule has 14 heteroatoms. The van der Waals surface area contributed by atoms with Crippen LogP contribution in [0.2, 0.25) is 0 Å². The summed E-state index contributed by atoms with van der Waals surface area (Å²) in [6, 6.07) is 4.18. The Kier molecular flexibility index (Phi) is 6.67. The Hall–Kier alpha value is -2.32. The third-order valence-electron chi connectivity index (χ3n) is 4.30. The van der Waals surface area contributed by atoms with Crippen LogP contribution < -0.4 is 0 Å². The van der Waals surface area contributed by atoms with Crippen molar-refractivity contribution in [3.63, 3.8) is 0 Å². The van der Waals surface area contributed by atoms with Gasteiger partial charge in [-0.1, -0.05) is 24.3 Å². The summed E-state index contributed by atoms with van der Waals surface area (Å²) in [5, 5.41) is 16.1. The lowest BCUT2D eigenvalue weighted by Gasteiger charge is -2.27. The van der Waals surface area contributed by atoms with E-state index in [1.807, 2.05) is 0 Å². The van der Waals surface area contributed by atoms with Crippen molar-refractivity contribution in [3.05, 3.63) is 70.8 Å². The molecule has 0 saturated carbocycles. The molecule has 32 heavy (non-hydrogen) atoms. The second kappa shape index (κ2) is 8.23. The minimum atomic E-state index is -5.81. The number of alkyl halides is 9. The van der Waals surface area contributed by atoms with E-state index in [1.54, 1.807) is 0 Å². The molecule has 0 atom stereocenters. The summed E-state index contributed by atoms with van der Waals surface area (Å²) in [5.41, 5.74) is -3.51. The number of rotatable bonds is 5. The molecule has 0 saturated heterocycles. The standard InChI is InChI=1S/C18H13F9O4S/c19-16(20,21)12-5-1-10(2-6-12)14(11-3-7-13(8-4-11)17(22,23)24)32(30,31)9-15(28,29)18(25,26)27/h1-8,14,28-29H,9H2. The summed E-state index contributed by atoms with van der Waals surface area (Å²) < 4.78 is 140. The molecule has 0 bridgehead atoms. The molecular formula is C18H13F9O4S. The van der Waals surface area contributed by atoms with Crippen molar-refractivity contribution < 1.29 is 58.1 Å². The summed E-state index contributed by atoms with van der Waals surface area (Å²) in [7, 11) is -5.25. The monoisotopic (exact) mass is 496 g/mol. The molecule has 0 aromatic heterocycles. The van der Waals surface area contributed by atoms with Gasteiger partial charge in [0.15, 0.2) is 9.84 Å². The number of hydrogen-bond acceptors (Lipinski definition) is 4. The fraction of sp³-hybridized carbons (Fsp3) is 0.333. The van der Waals surface area contributed by atoms with Gasteiger partial charge in [0.25, 0.3) is 5.79 Å². The number of benzene rings is 2. The third kappa shape index (κ3) is 5.72. The summed E-state index contributed by atoms with van der Waals surface area (Å²) in [4.78, 5) is 0. The van der Waals surface area contributed by atoms with Crippen molar-refractivity contribution in [2.24, 2.45) is 0 Å². The largest absolute Gasteiger partial charge is 0.443 e. The molecule has 2 aromatic carbocycles. The third-order valence-corrected chi connectivity index (χ3v) is 6.36. The van der Waals surface area contributed by atoms with Crippen LogP contribution in [0.25, 0.3) is 0 Å². The second-order valence-electron chi connectivity index (χ2n) is 6.74. The highest BCUT2D eigenvalue weighted by molar-refractivity contribution is 7.91. The maximum atomic E-state index is 12.8. The lowest BCUT2D eigenvalue weighted by Crippen LogP contribution is -2.51. The van der Waals surface area contributed by atoms with Gasteiger partial charge in [0.2, 0.25) is 0 Å². The van der Waals surface area contributed by atoms with Crippen molar-refractivity contribution in [2.45, 2.75) is 29.6 Å². The molecule has 2 aromatic rings. The van der Waals surface area contributed by atoms with Gasteiger partial charge >= 0.3 is 18.5 Å². The molecule has 0 unspecified atom stereocenters. The predicted molar refractivity (Wildman–Crippen MR) is 91.7 cm³/mol. The van der Waals surface area contributed by atoms with Crippen LogP contribution in [0.15, 0.2) is 48.5 Å². The molecule has 0 heterocycles. The van der Waals surface area contributed by atoms with Crippen LogP contribution in [-0.4, -0.2) is 36.3 Å². The first kappa shape index (κ1) is 25.9. The van der Waals surface area contributed by atoms with Crippen molar-refractivity contribution in [3.8, 4) is 0 Å². The minimum Gasteiger partial charge on any atom is -0.358 e. The van der Waals surface area contributed by atoms with Crippen molar-refractivity contribution in [2.75, 3.05) is 5.75 Å². The Balaban J connectivity index is 2.62. The molecule has 0 amide bonds. The quantitative estimate of drug-likeness (QED) is 0.473. The van der Waals surface area contributed by atoms with Crippen molar-refractivity contribution in [1.82, 2.24) is 0 Å². The van der Waals surface area contributed by atoms with E-state index in [-0.39, 0.29) is 0 Å². The molecule has 178 valence electrons. The molecule has 2 rings (SSSR count). The van der Waals surface area contributed by atoms with Crippen LogP contribution in [0.1, 0.15) is 27.5 Å². The Morgan fingerprint density at radius 1 is 0.656 bits per heavy atom. The van der Waals surface area contributed by atoms with E-state index in [4.69, 9.17) is 0 Å². The Morgan fingerprint density at radius 3 is 1.22 bits per heavy atom. The molecule has 4 nitrogen and oxygen atoms in total. The molecule has 0 spiro atoms. The maximum Gasteiger partial charge on any atom is 0.443 e. The first-order valence-corrected chi connectivity index (χ1v) is 10.0. The Bertz CT molecular complexity index is 979. The van der Waals surface area contributed by atoms with Gasteiger partial charge in [-0.3, -0.25) is 0 Å². The van der Waals surface area contributed by atoms with E-state index in [0.29, 0.717) is 48.5 Å². The highest BCUT2D eigenvalue weighted by Gasteiger charge is 2.56. The molecule has 0 aliphatic rings. The van der Waals surface area contributed by atoms with Gasteiger partial charge in [-0.15, -0.1) is 0 Å². The fourth-order valence-electron chi connectivity index (χ4n) is 2.75. The van der Waals surface area contributed by atoms with E-state index in [0.717, 1.165) is 0 Å². The smallest absolute Gasteiger partial charge is 0.358 e. The number of hydrogen-bond donors (Lipinski definition) is 2. The highest BCUT2D eigenvalue weighted by atomic mass is 32.2. The summed E-state index contributed by atoms with van der Waals surface area (Å²) in [6.45, 7) is 0. The Labute approximate surface area is 174 Å². The second-order valence-corrected chi connectivity index (χ2v) is 8.83. The molecule has 0 aliphatic heterocycles. The van der Waals surface area contributed by atoms with Gasteiger partial charge in [-0.25, -0.2) is 8.42 Å². The van der Waals surface area contributed by atoms with Crippen LogP contribution in [0.4, 0.5) is 39.5 Å². The average Bonchev–Trinajstić information content (AvgIpc) is 2.59. The summed E-state index contributed by atoms with van der Waals surface area (Å²) in [5.74, 6) is -7.04. The van der Waals surface area contributed by atoms with Crippen LogP contribution in [0.3, 0.4) is 0 Å². The molecule has 0 radical (unpaired) electrons. The van der Waals surface area contributed by atoms with Gasteiger partial charge < -0.3 is 10.2 Å². The van der Waals surface area contributed by atoms with Crippen molar-refractivity contribution in [1.29, 1.82) is 0 Å². The van der Waals surface area contributed by atoms with E-state index in [9.17, 15) is 58.1 Å². The van der Waals surface area contributed by atoms with E-state index in [2.05, 4.69) is 0 Å². The van der Waals surface area contributed by atoms with Gasteiger partial charge in [0, 0.05) is 0 Å². The SMILES string of the molecule is O=S(=O)(CC(O)(O)C(F)(F)F)C(c1ccc(C(F)(F)F)cc1)c1ccc(C(F)(F)F)cc1. The lowest BCUT2D eigenvalue weighted by molar-refractivity contribution is -0.337. The van der Waals surface area contributed by atoms with Gasteiger partial charge in [0.05, 0.1) is 11.1 Å². The number of aliphatic hydroxyl groups is 2. The van der Waals surface area contributed by atoms with Gasteiger partial charge in [-0.2, -0.15) is 39.5 Å². The van der Waals surface area contributed by atoms with Crippen LogP contribution in [0.5, 0.6) is 0 Å². The van der Waals surface area contributed by atoms with Crippen LogP contribution in [0, 0.1) is 0 Å². The maximum absolute atomic E-state index is 12.8. The molecule has 2 N–H and O–H groups in total. The average molecular weight is 496 g/mol. The van der Waals surface area contributed by atoms with Crippen molar-refractivity contribution >= 4 is 9.84 Å². The number of halogens is 9. The van der Waals surface area contributed by atoms with Crippen LogP contribution >= 0.6 is 0 Å². The minimum absolute atomic E-state index is 0.427. The van der Waals surface area contributed by atoms with E-state index < -0.39 is 67.4 Å². The summed E-state index contributed by atoms with van der Waals surface area (Å²) >= 11 is 0. The van der Waals surface area contributed by atoms with Gasteiger partial charge in [0.1, 0.15) is 11.0 Å². The first-order valence-electron chi connectivity index (χ1n) is 8.33. The molecular weight excluding hydrogens is 483 g/mol. The lowest BCUT2D eigenvalue weighted by atomic mass is 10.0. The highest BCUT2D eigenvalue weighted by Crippen LogP contribution is 2.39. The predicted octanol–water partition coefficient (Wildman–Crippen LogP) is 4.47. The van der Waals surface area contributed by atoms with Gasteiger partial charge in [-0.05, 0) is 35.4 Å². The zero-order valence-electron chi connectivity index (χ0n) is 15.4. The normalized spacial score (nSPS) is 14.1. The zero-order chi connectivity index (χ0) is 24.8. The zero-order valence-corrected chi connectivity index (χ0v) is 16.2. The molecule has 0 fully saturated rings. The number of sulfone groups is 1. The topological polar surface area (TPSA) is 74.6 Å². The van der Waals surface area contributed by atoms with E-state index in [1.165, 1.54) is 0 Å². The fourth-order valence-corrected chi connectivity index (χ4v) is 4.78. The van der Waals surface area contributed by atoms with E-state index >= 15 is 0 Å². The first-order chi connectivity index (χ1) is 14.3. The Morgan fingerprint density at radius 2 is 0.969 bits per heavy atom. The molecule has 0 aliphatic carbocycles. The van der Waals surface area contributed by atoms with Crippen LogP contribution in [-0.2, 0) is 22.2 Å².